The molecule has 2 heteroatoms. The summed E-state index contributed by atoms with van der Waals surface area (Å²) in [7, 11) is 0. The first-order chi connectivity index (χ1) is 53.5. The molecule has 0 atom stereocenters. The molecule has 0 fully saturated rings. The lowest BCUT2D eigenvalue weighted by Gasteiger charge is -2.35. The fourth-order valence-electron chi connectivity index (χ4n) is 19.0. The third-order valence-corrected chi connectivity index (χ3v) is 23.9. The highest BCUT2D eigenvalue weighted by molar-refractivity contribution is 6.13. The second kappa shape index (κ2) is 24.3. The van der Waals surface area contributed by atoms with Crippen LogP contribution in [0.15, 0.2) is 413 Å². The zero-order valence-electron chi connectivity index (χ0n) is 59.2. The predicted molar refractivity (Wildman–Crippen MR) is 452 cm³/mol. The van der Waals surface area contributed by atoms with E-state index in [4.69, 9.17) is 0 Å². The van der Waals surface area contributed by atoms with E-state index in [1.54, 1.807) is 0 Å². The van der Waals surface area contributed by atoms with Crippen molar-refractivity contribution in [2.24, 2.45) is 0 Å². The molecule has 22 rings (SSSR count). The van der Waals surface area contributed by atoms with Gasteiger partial charge in [-0.1, -0.05) is 340 Å². The number of nitrogens with zero attached hydrogens (tertiary/aromatic N) is 2. The third kappa shape index (κ3) is 9.20. The first-order valence-corrected chi connectivity index (χ1v) is 37.6. The molecule has 0 unspecified atom stereocenters. The van der Waals surface area contributed by atoms with Gasteiger partial charge in [-0.15, -0.1) is 0 Å². The maximum atomic E-state index is 2.53. The Hall–Kier alpha value is -13.9. The van der Waals surface area contributed by atoms with E-state index in [0.717, 1.165) is 0 Å². The highest BCUT2D eigenvalue weighted by atomic mass is 15.0. The summed E-state index contributed by atoms with van der Waals surface area (Å²) >= 11 is 0. The number of hydrogen-bond acceptors (Lipinski definition) is 0. The molecule has 108 heavy (non-hydrogen) atoms. The topological polar surface area (TPSA) is 9.86 Å². The van der Waals surface area contributed by atoms with Crippen molar-refractivity contribution in [3.8, 4) is 89.3 Å². The number of benzene rings is 18. The summed E-state index contributed by atoms with van der Waals surface area (Å²) in [6.07, 6.45) is 0. The van der Waals surface area contributed by atoms with Gasteiger partial charge in [0.1, 0.15) is 0 Å². The summed E-state index contributed by atoms with van der Waals surface area (Å²) in [4.78, 5) is 0. The Bertz CT molecular complexity index is 6490. The molecule has 2 aliphatic carbocycles. The highest BCUT2D eigenvalue weighted by Gasteiger charge is 2.49. The van der Waals surface area contributed by atoms with Crippen molar-refractivity contribution < 1.29 is 0 Å². The van der Waals surface area contributed by atoms with E-state index < -0.39 is 10.8 Å². The van der Waals surface area contributed by atoms with Crippen LogP contribution in [0.5, 0.6) is 0 Å². The Kier molecular flexibility index (Phi) is 13.9. The van der Waals surface area contributed by atoms with Crippen molar-refractivity contribution >= 4 is 65.2 Å². The van der Waals surface area contributed by atoms with Crippen LogP contribution in [0.4, 0.5) is 0 Å². The molecule has 2 aliphatic rings. The fourth-order valence-corrected chi connectivity index (χ4v) is 19.0. The smallest absolute Gasteiger partial charge is 0.0713 e. The minimum Gasteiger partial charge on any atom is -0.309 e. The standard InChI is InChI=1S/C106H68N2/c1-5-27-81(28-6-1)105(82-29-7-2-8-30-82)95-65-77(71-47-43-69(44-48-71)75-55-61-103-93(63-75)91-37-17-19-39-101(91)107(103)99-41-21-25-73-23-13-15-35-85(73)99)51-57-87(95)89-59-53-79(67-97(89)105)80-54-60-90-88-58-52-78(66-96(88)106(98(90)68-80,83-31-9-3-10-32-83)84-33-11-4-12-34-84)72-49-45-70(46-50-72)76-56-62-104-94(64-76)92-38-18-20-40-102(92)108(104)100-42-22-26-74-24-14-16-36-86(74)100/h1-68H. The molecule has 0 saturated heterocycles. The minimum atomic E-state index is -0.646. The fraction of sp³-hybridized carbons (Fsp3) is 0.0189. The van der Waals surface area contributed by atoms with Gasteiger partial charge < -0.3 is 9.13 Å². The molecule has 18 aromatic carbocycles. The summed E-state index contributed by atoms with van der Waals surface area (Å²) < 4.78 is 4.88. The van der Waals surface area contributed by atoms with Crippen LogP contribution in [0.3, 0.4) is 0 Å². The van der Waals surface area contributed by atoms with E-state index in [9.17, 15) is 0 Å². The van der Waals surface area contributed by atoms with Crippen LogP contribution < -0.4 is 0 Å². The molecular weight excluding hydrogens is 1300 g/mol. The number of hydrogen-bond donors (Lipinski definition) is 0. The van der Waals surface area contributed by atoms with E-state index in [1.807, 2.05) is 0 Å². The first-order valence-electron chi connectivity index (χ1n) is 37.6. The lowest BCUT2D eigenvalue weighted by Crippen LogP contribution is -2.29. The average Bonchev–Trinajstić information content (AvgIpc) is 1.53. The number of fused-ring (bicyclic) bond motifs is 14. The third-order valence-electron chi connectivity index (χ3n) is 23.9. The van der Waals surface area contributed by atoms with Crippen molar-refractivity contribution in [3.05, 3.63) is 457 Å². The van der Waals surface area contributed by atoms with Crippen LogP contribution >= 0.6 is 0 Å². The quantitative estimate of drug-likeness (QED) is 0.122. The van der Waals surface area contributed by atoms with Crippen molar-refractivity contribution in [2.75, 3.05) is 0 Å². The van der Waals surface area contributed by atoms with Gasteiger partial charge in [0.05, 0.1) is 44.3 Å². The van der Waals surface area contributed by atoms with Crippen molar-refractivity contribution in [2.45, 2.75) is 10.8 Å². The van der Waals surface area contributed by atoms with Crippen molar-refractivity contribution in [1.29, 1.82) is 0 Å². The summed E-state index contributed by atoms with van der Waals surface area (Å²) in [6, 6.07) is 155. The zero-order valence-corrected chi connectivity index (χ0v) is 59.2. The molecule has 20 aromatic rings. The van der Waals surface area contributed by atoms with Crippen LogP contribution in [0.25, 0.3) is 154 Å². The molecule has 2 nitrogen and oxygen atoms in total. The Morgan fingerprint density at radius 1 is 0.157 bits per heavy atom. The van der Waals surface area contributed by atoms with Crippen LogP contribution in [0, 0.1) is 0 Å². The minimum absolute atomic E-state index is 0.646. The molecule has 2 heterocycles. The van der Waals surface area contributed by atoms with Crippen LogP contribution in [0.1, 0.15) is 44.5 Å². The molecule has 0 amide bonds. The van der Waals surface area contributed by atoms with E-state index in [1.165, 1.54) is 199 Å². The van der Waals surface area contributed by atoms with Crippen LogP contribution in [-0.2, 0) is 10.8 Å². The van der Waals surface area contributed by atoms with Crippen LogP contribution in [0.2, 0.25) is 0 Å². The first kappa shape index (κ1) is 61.5. The number of para-hydroxylation sites is 2. The van der Waals surface area contributed by atoms with Gasteiger partial charge in [-0.25, -0.2) is 0 Å². The summed E-state index contributed by atoms with van der Waals surface area (Å²) in [5, 5.41) is 9.92. The predicted octanol–water partition coefficient (Wildman–Crippen LogP) is 27.2. The molecule has 0 spiro atoms. The summed E-state index contributed by atoms with van der Waals surface area (Å²) in [5.74, 6) is 0. The lowest BCUT2D eigenvalue weighted by molar-refractivity contribution is 0.768. The maximum absolute atomic E-state index is 2.53. The van der Waals surface area contributed by atoms with E-state index >= 15 is 0 Å². The average molecular weight is 1370 g/mol. The Balaban J connectivity index is 0.636. The van der Waals surface area contributed by atoms with E-state index in [2.05, 4.69) is 422 Å². The molecule has 502 valence electrons. The number of aromatic nitrogens is 2. The maximum Gasteiger partial charge on any atom is 0.0713 e. The van der Waals surface area contributed by atoms with Gasteiger partial charge in [0.25, 0.3) is 0 Å². The van der Waals surface area contributed by atoms with Crippen molar-refractivity contribution in [1.82, 2.24) is 9.13 Å². The lowest BCUT2D eigenvalue weighted by atomic mass is 9.66. The molecular formula is C106H68N2. The summed E-state index contributed by atoms with van der Waals surface area (Å²) in [5.41, 5.74) is 32.8. The molecule has 0 N–H and O–H groups in total. The summed E-state index contributed by atoms with van der Waals surface area (Å²) in [6.45, 7) is 0. The zero-order chi connectivity index (χ0) is 71.0. The normalized spacial score (nSPS) is 13.1. The van der Waals surface area contributed by atoms with Gasteiger partial charge in [-0.2, -0.15) is 0 Å². The Morgan fingerprint density at radius 2 is 0.398 bits per heavy atom. The van der Waals surface area contributed by atoms with Crippen molar-refractivity contribution in [3.63, 3.8) is 0 Å². The second-order valence-electron chi connectivity index (χ2n) is 29.3. The van der Waals surface area contributed by atoms with E-state index in [0.29, 0.717) is 0 Å². The largest absolute Gasteiger partial charge is 0.309 e. The molecule has 0 saturated carbocycles. The SMILES string of the molecule is c1ccc(C2(c3ccccc3)c3cc(-c4ccc(-c5ccc6c(c5)c5ccccc5n6-c5cccc6ccccc56)cc4)ccc3-c3ccc(-c4ccc5c(c4)C(c4ccccc4)(c4ccccc4)c4cc(-c6ccc(-c7ccc8c(c7)c7ccccc7n8-c7cccc8ccccc78)cc6)ccc4-5)cc32)cc1. The second-order valence-corrected chi connectivity index (χ2v) is 29.3. The van der Waals surface area contributed by atoms with Gasteiger partial charge in [0.15, 0.2) is 0 Å². The van der Waals surface area contributed by atoms with Gasteiger partial charge >= 0.3 is 0 Å². The Labute approximate surface area is 627 Å². The number of rotatable bonds is 11. The van der Waals surface area contributed by atoms with E-state index in [-0.39, 0.29) is 0 Å². The van der Waals surface area contributed by atoms with Gasteiger partial charge in [0.2, 0.25) is 0 Å². The molecule has 0 aliphatic heterocycles. The highest BCUT2D eigenvalue weighted by Crippen LogP contribution is 2.60. The van der Waals surface area contributed by atoms with Gasteiger partial charge in [-0.05, 0) is 206 Å². The van der Waals surface area contributed by atoms with Crippen LogP contribution in [-0.4, -0.2) is 9.13 Å². The van der Waals surface area contributed by atoms with Gasteiger partial charge in [0, 0.05) is 32.3 Å². The molecule has 0 radical (unpaired) electrons. The monoisotopic (exact) mass is 1370 g/mol. The Morgan fingerprint density at radius 3 is 0.731 bits per heavy atom. The molecule has 2 aromatic heterocycles. The van der Waals surface area contributed by atoms with Gasteiger partial charge in [-0.3, -0.25) is 0 Å². The molecule has 0 bridgehead atoms.